The average Bonchev–Trinajstić information content (AvgIpc) is 3.26. The van der Waals surface area contributed by atoms with E-state index >= 15 is 0 Å². The van der Waals surface area contributed by atoms with Gasteiger partial charge in [-0.25, -0.2) is 0 Å². The van der Waals surface area contributed by atoms with Crippen molar-refractivity contribution in [1.29, 1.82) is 0 Å². The number of fused-ring (bicyclic) bond motifs is 1. The van der Waals surface area contributed by atoms with Crippen molar-refractivity contribution in [3.05, 3.63) is 77.8 Å². The molecule has 36 heavy (non-hydrogen) atoms. The largest absolute Gasteiger partial charge is 0.370 e. The van der Waals surface area contributed by atoms with E-state index in [4.69, 9.17) is 11.5 Å². The number of carbonyl (C=O) groups is 3. The van der Waals surface area contributed by atoms with Crippen LogP contribution in [0.2, 0.25) is 0 Å². The maximum Gasteiger partial charge on any atom is 0.250 e. The van der Waals surface area contributed by atoms with Gasteiger partial charge in [0, 0.05) is 53.4 Å². The van der Waals surface area contributed by atoms with Crippen molar-refractivity contribution >= 4 is 34.3 Å². The molecule has 1 fully saturated rings. The van der Waals surface area contributed by atoms with Crippen LogP contribution < -0.4 is 16.4 Å². The van der Waals surface area contributed by atoms with Crippen molar-refractivity contribution in [1.82, 2.24) is 9.88 Å². The van der Waals surface area contributed by atoms with Crippen LogP contribution in [-0.2, 0) is 4.79 Å². The van der Waals surface area contributed by atoms with Crippen LogP contribution >= 0.6 is 0 Å². The van der Waals surface area contributed by atoms with Crippen LogP contribution in [0.5, 0.6) is 0 Å². The van der Waals surface area contributed by atoms with Gasteiger partial charge in [0.1, 0.15) is 0 Å². The first-order valence-electron chi connectivity index (χ1n) is 12.2. The molecule has 0 spiro atoms. The second kappa shape index (κ2) is 12.6. The number of amides is 3. The Bertz CT molecular complexity index is 1210. The quantitative estimate of drug-likeness (QED) is 0.502. The lowest BCUT2D eigenvalue weighted by Crippen LogP contribution is -2.38. The lowest BCUT2D eigenvalue weighted by Gasteiger charge is -2.27. The van der Waals surface area contributed by atoms with Gasteiger partial charge in [0.25, 0.3) is 5.91 Å². The van der Waals surface area contributed by atoms with Crippen LogP contribution in [0.15, 0.2) is 61.1 Å². The van der Waals surface area contributed by atoms with Gasteiger partial charge in [0.05, 0.1) is 6.54 Å². The number of carbonyl (C=O) groups excluding carboxylic acids is 3. The average molecular weight is 490 g/mol. The van der Waals surface area contributed by atoms with Crippen molar-refractivity contribution in [2.75, 3.05) is 18.5 Å². The molecule has 2 heterocycles. The Morgan fingerprint density at radius 3 is 1.92 bits per heavy atom. The minimum absolute atomic E-state index is 0.0122. The van der Waals surface area contributed by atoms with E-state index in [0.29, 0.717) is 17.7 Å². The number of rotatable bonds is 3. The standard InChI is InChI=1S/C12H13N3O2.C10H10N2O.C6H12/c1-14-6-7-15(11(16)8-14)10-4-2-9(3-5-10)12(13)17;1-6-5-12-9-4-7(10(11)13)2-3-8(6)9;1-2-4-6-5-3-1/h2-7H,8H2,1H3,(H2,13,17);2-5,12H,1H3,(H2,11,13);1-6H2. The summed E-state index contributed by atoms with van der Waals surface area (Å²) in [6.45, 7) is 2.36. The molecule has 2 aromatic carbocycles. The topological polar surface area (TPSA) is 126 Å². The summed E-state index contributed by atoms with van der Waals surface area (Å²) in [5.74, 6) is -0.882. The molecule has 3 amide bonds. The number of hydrogen-bond acceptors (Lipinski definition) is 4. The Balaban J connectivity index is 0.000000167. The highest BCUT2D eigenvalue weighted by molar-refractivity contribution is 5.99. The Morgan fingerprint density at radius 2 is 1.39 bits per heavy atom. The van der Waals surface area contributed by atoms with Crippen LogP contribution in [0.4, 0.5) is 5.69 Å². The molecule has 1 saturated carbocycles. The number of aromatic amines is 1. The molecule has 0 saturated heterocycles. The molecule has 3 aromatic rings. The Labute approximate surface area is 211 Å². The van der Waals surface area contributed by atoms with Gasteiger partial charge in [-0.15, -0.1) is 0 Å². The molecule has 1 aromatic heterocycles. The number of benzene rings is 2. The Morgan fingerprint density at radius 1 is 0.833 bits per heavy atom. The van der Waals surface area contributed by atoms with Crippen LogP contribution in [0, 0.1) is 6.92 Å². The van der Waals surface area contributed by atoms with Crippen LogP contribution in [0.25, 0.3) is 10.9 Å². The number of primary amides is 2. The molecule has 8 nitrogen and oxygen atoms in total. The zero-order valence-corrected chi connectivity index (χ0v) is 21.0. The Kier molecular flexibility index (Phi) is 9.27. The van der Waals surface area contributed by atoms with E-state index in [2.05, 4.69) is 4.98 Å². The molecule has 8 heteroatoms. The van der Waals surface area contributed by atoms with Gasteiger partial charge in [0.15, 0.2) is 0 Å². The minimum atomic E-state index is -0.475. The van der Waals surface area contributed by atoms with E-state index in [1.807, 2.05) is 32.4 Å². The zero-order valence-electron chi connectivity index (χ0n) is 21.0. The maximum atomic E-state index is 11.8. The number of aromatic nitrogens is 1. The molecule has 1 aliphatic heterocycles. The molecule has 190 valence electrons. The first kappa shape index (κ1) is 26.5. The first-order chi connectivity index (χ1) is 17.3. The van der Waals surface area contributed by atoms with Crippen molar-refractivity contribution in [2.24, 2.45) is 11.5 Å². The van der Waals surface area contributed by atoms with E-state index in [9.17, 15) is 14.4 Å². The van der Waals surface area contributed by atoms with Crippen LogP contribution in [-0.4, -0.2) is 41.2 Å². The van der Waals surface area contributed by atoms with Crippen LogP contribution in [0.3, 0.4) is 0 Å². The molecule has 0 atom stereocenters. The van der Waals surface area contributed by atoms with Gasteiger partial charge in [-0.2, -0.15) is 0 Å². The highest BCUT2D eigenvalue weighted by Gasteiger charge is 2.18. The van der Waals surface area contributed by atoms with E-state index < -0.39 is 11.8 Å². The molecular weight excluding hydrogens is 454 g/mol. The number of hydrogen-bond donors (Lipinski definition) is 3. The summed E-state index contributed by atoms with van der Waals surface area (Å²) in [6, 6.07) is 12.0. The normalized spacial score (nSPS) is 15.0. The van der Waals surface area contributed by atoms with Crippen LogP contribution in [0.1, 0.15) is 64.8 Å². The predicted octanol–water partition coefficient (Wildman–Crippen LogP) is 4.45. The van der Waals surface area contributed by atoms with E-state index in [1.165, 1.54) is 44.1 Å². The first-order valence-corrected chi connectivity index (χ1v) is 12.2. The molecule has 1 aliphatic carbocycles. The maximum absolute atomic E-state index is 11.8. The van der Waals surface area contributed by atoms with Gasteiger partial charge in [0.2, 0.25) is 11.8 Å². The van der Waals surface area contributed by atoms with Crippen molar-refractivity contribution in [3.8, 4) is 0 Å². The van der Waals surface area contributed by atoms with Gasteiger partial charge in [-0.1, -0.05) is 44.6 Å². The summed E-state index contributed by atoms with van der Waals surface area (Å²) in [6.07, 6.45) is 14.4. The van der Waals surface area contributed by atoms with Gasteiger partial charge < -0.3 is 21.4 Å². The van der Waals surface area contributed by atoms with E-state index in [1.54, 1.807) is 52.4 Å². The van der Waals surface area contributed by atoms with Crippen molar-refractivity contribution in [2.45, 2.75) is 45.4 Å². The lowest BCUT2D eigenvalue weighted by atomic mass is 10.0. The highest BCUT2D eigenvalue weighted by Crippen LogP contribution is 2.19. The van der Waals surface area contributed by atoms with E-state index in [0.717, 1.165) is 16.6 Å². The van der Waals surface area contributed by atoms with Crippen molar-refractivity contribution < 1.29 is 14.4 Å². The molecule has 0 bridgehead atoms. The summed E-state index contributed by atoms with van der Waals surface area (Å²) in [5.41, 5.74) is 14.1. The second-order valence-electron chi connectivity index (χ2n) is 9.11. The number of anilines is 1. The molecule has 2 aliphatic rings. The molecule has 5 rings (SSSR count). The summed E-state index contributed by atoms with van der Waals surface area (Å²) in [4.78, 5) is 40.0. The fourth-order valence-electron chi connectivity index (χ4n) is 4.11. The number of nitrogens with two attached hydrogens (primary N) is 2. The SMILES string of the molecule is C1CCCCC1.CN1C=CN(c2ccc(C(N)=O)cc2)C(=O)C1.Cc1c[nH]c2cc(C(N)=O)ccc12. The number of nitrogens with one attached hydrogen (secondary N) is 1. The zero-order chi connectivity index (χ0) is 26.1. The predicted molar refractivity (Wildman–Crippen MR) is 143 cm³/mol. The number of aryl methyl sites for hydroxylation is 1. The summed E-state index contributed by atoms with van der Waals surface area (Å²) >= 11 is 0. The summed E-state index contributed by atoms with van der Waals surface area (Å²) in [7, 11) is 1.84. The number of nitrogens with zero attached hydrogens (tertiary/aromatic N) is 2. The van der Waals surface area contributed by atoms with Gasteiger partial charge in [-0.05, 0) is 48.9 Å². The third-order valence-electron chi connectivity index (χ3n) is 6.23. The number of likely N-dealkylation sites (N-methyl/N-ethyl adjacent to an activating group) is 1. The summed E-state index contributed by atoms with van der Waals surface area (Å²) in [5, 5.41) is 1.13. The van der Waals surface area contributed by atoms with Crippen molar-refractivity contribution in [3.63, 3.8) is 0 Å². The fourth-order valence-corrected chi connectivity index (χ4v) is 4.11. The molecule has 0 radical (unpaired) electrons. The lowest BCUT2D eigenvalue weighted by molar-refractivity contribution is -0.118. The Hall–Kier alpha value is -4.07. The second-order valence-corrected chi connectivity index (χ2v) is 9.11. The third-order valence-corrected chi connectivity index (χ3v) is 6.23. The molecular formula is C28H35N5O3. The number of H-pyrrole nitrogens is 1. The van der Waals surface area contributed by atoms with E-state index in [-0.39, 0.29) is 5.91 Å². The van der Waals surface area contributed by atoms with Gasteiger partial charge in [-0.3, -0.25) is 19.3 Å². The van der Waals surface area contributed by atoms with Gasteiger partial charge >= 0.3 is 0 Å². The smallest absolute Gasteiger partial charge is 0.250 e. The molecule has 0 unspecified atom stereocenters. The third kappa shape index (κ3) is 7.21. The highest BCUT2D eigenvalue weighted by atomic mass is 16.2. The molecule has 5 N–H and O–H groups in total. The monoisotopic (exact) mass is 489 g/mol. The summed E-state index contributed by atoms with van der Waals surface area (Å²) < 4.78 is 0. The fraction of sp³-hybridized carbons (Fsp3) is 0.321. The minimum Gasteiger partial charge on any atom is -0.370 e.